The molecule has 152 valence electrons. The molecule has 8 nitrogen and oxygen atoms in total. The summed E-state index contributed by atoms with van der Waals surface area (Å²) in [6.07, 6.45) is 1.41. The molecule has 2 aromatic rings. The van der Waals surface area contributed by atoms with E-state index in [1.807, 2.05) is 0 Å². The van der Waals surface area contributed by atoms with Gasteiger partial charge in [0, 0.05) is 23.6 Å². The molecule has 2 rings (SSSR count). The van der Waals surface area contributed by atoms with Crippen LogP contribution in [0, 0.1) is 0 Å². The molecule has 0 unspecified atom stereocenters. The second kappa shape index (κ2) is 11.5. The Kier molecular flexibility index (Phi) is 8.65. The van der Waals surface area contributed by atoms with Crippen LogP contribution in [0.3, 0.4) is 0 Å². The average Bonchev–Trinajstić information content (AvgIpc) is 2.71. The molecule has 2 aromatic carbocycles. The van der Waals surface area contributed by atoms with Crippen LogP contribution in [0.15, 0.2) is 53.6 Å². The summed E-state index contributed by atoms with van der Waals surface area (Å²) in [6, 6.07) is 13.5. The van der Waals surface area contributed by atoms with Crippen LogP contribution in [0.5, 0.6) is 5.75 Å². The third-order valence-electron chi connectivity index (χ3n) is 3.53. The minimum absolute atomic E-state index is 0.00468. The number of amides is 2. The largest absolute Gasteiger partial charge is 0.482 e. The number of carbonyl (C=O) groups excluding carboxylic acids is 3. The number of hydrogen-bond donors (Lipinski definition) is 2. The monoisotopic (exact) mass is 417 g/mol. The maximum atomic E-state index is 11.9. The molecule has 0 heterocycles. The lowest BCUT2D eigenvalue weighted by Crippen LogP contribution is -2.20. The highest BCUT2D eigenvalue weighted by Gasteiger charge is 2.07. The topological polar surface area (TPSA) is 106 Å². The minimum Gasteiger partial charge on any atom is -0.482 e. The Labute approximate surface area is 172 Å². The Morgan fingerprint density at radius 3 is 2.59 bits per heavy atom. The van der Waals surface area contributed by atoms with Crippen molar-refractivity contribution in [1.82, 2.24) is 5.43 Å². The van der Waals surface area contributed by atoms with Gasteiger partial charge in [-0.05, 0) is 35.9 Å². The summed E-state index contributed by atoms with van der Waals surface area (Å²) in [5.41, 5.74) is 3.58. The second-order valence-corrected chi connectivity index (χ2v) is 6.23. The highest BCUT2D eigenvalue weighted by atomic mass is 35.5. The molecule has 0 fully saturated rings. The number of nitrogens with one attached hydrogen (secondary N) is 2. The van der Waals surface area contributed by atoms with Crippen molar-refractivity contribution in [2.24, 2.45) is 5.10 Å². The van der Waals surface area contributed by atoms with Crippen molar-refractivity contribution in [2.75, 3.05) is 19.0 Å². The first-order chi connectivity index (χ1) is 14.0. The Bertz CT molecular complexity index is 901. The zero-order valence-corrected chi connectivity index (χ0v) is 16.4. The predicted octanol–water partition coefficient (Wildman–Crippen LogP) is 2.76. The number of hydrogen-bond acceptors (Lipinski definition) is 6. The summed E-state index contributed by atoms with van der Waals surface area (Å²) >= 11 is 5.85. The highest BCUT2D eigenvalue weighted by Crippen LogP contribution is 2.15. The number of esters is 1. The van der Waals surface area contributed by atoms with Crippen molar-refractivity contribution in [3.8, 4) is 5.75 Å². The fourth-order valence-corrected chi connectivity index (χ4v) is 2.33. The lowest BCUT2D eigenvalue weighted by molar-refractivity contribution is -0.142. The fourth-order valence-electron chi connectivity index (χ4n) is 2.14. The van der Waals surface area contributed by atoms with Gasteiger partial charge in [-0.25, -0.2) is 10.2 Å². The SMILES string of the molecule is COC(=O)COc1cccc(C=NNC(=O)CCC(=O)Nc2cccc(Cl)c2)c1. The van der Waals surface area contributed by atoms with Crippen LogP contribution in [0.4, 0.5) is 5.69 Å². The molecule has 0 saturated heterocycles. The molecule has 2 amide bonds. The number of halogens is 1. The lowest BCUT2D eigenvalue weighted by Gasteiger charge is -2.05. The number of carbonyl (C=O) groups is 3. The van der Waals surface area contributed by atoms with Gasteiger partial charge in [-0.2, -0.15) is 5.10 Å². The molecule has 0 aliphatic heterocycles. The molecule has 0 radical (unpaired) electrons. The van der Waals surface area contributed by atoms with E-state index in [9.17, 15) is 14.4 Å². The van der Waals surface area contributed by atoms with Crippen LogP contribution in [-0.4, -0.2) is 37.7 Å². The molecular formula is C20H20ClN3O5. The molecule has 9 heteroatoms. The molecule has 0 aliphatic carbocycles. The number of benzene rings is 2. The normalized spacial score (nSPS) is 10.4. The Morgan fingerprint density at radius 2 is 1.83 bits per heavy atom. The van der Waals surface area contributed by atoms with Crippen LogP contribution in [0.25, 0.3) is 0 Å². The standard InChI is InChI=1S/C20H20ClN3O5/c1-28-20(27)13-29-17-7-2-4-14(10-17)12-22-24-19(26)9-8-18(25)23-16-6-3-5-15(21)11-16/h2-7,10-12H,8-9,13H2,1H3,(H,23,25)(H,24,26). The van der Waals surface area contributed by atoms with Gasteiger partial charge in [0.05, 0.1) is 13.3 Å². The van der Waals surface area contributed by atoms with Gasteiger partial charge in [0.1, 0.15) is 5.75 Å². The first kappa shape index (κ1) is 21.9. The van der Waals surface area contributed by atoms with Crippen molar-refractivity contribution < 1.29 is 23.9 Å². The van der Waals surface area contributed by atoms with Gasteiger partial charge in [-0.15, -0.1) is 0 Å². The molecule has 0 aromatic heterocycles. The molecular weight excluding hydrogens is 398 g/mol. The van der Waals surface area contributed by atoms with Crippen LogP contribution >= 0.6 is 11.6 Å². The van der Waals surface area contributed by atoms with Crippen molar-refractivity contribution in [3.63, 3.8) is 0 Å². The van der Waals surface area contributed by atoms with Gasteiger partial charge in [0.25, 0.3) is 0 Å². The smallest absolute Gasteiger partial charge is 0.343 e. The number of ether oxygens (including phenoxy) is 2. The van der Waals surface area contributed by atoms with Crippen LogP contribution < -0.4 is 15.5 Å². The summed E-state index contributed by atoms with van der Waals surface area (Å²) in [7, 11) is 1.28. The number of anilines is 1. The highest BCUT2D eigenvalue weighted by molar-refractivity contribution is 6.30. The third-order valence-corrected chi connectivity index (χ3v) is 3.77. The zero-order chi connectivity index (χ0) is 21.1. The number of rotatable bonds is 9. The average molecular weight is 418 g/mol. The van der Waals surface area contributed by atoms with E-state index in [0.717, 1.165) is 0 Å². The summed E-state index contributed by atoms with van der Waals surface area (Å²) in [4.78, 5) is 34.8. The van der Waals surface area contributed by atoms with E-state index in [-0.39, 0.29) is 25.4 Å². The van der Waals surface area contributed by atoms with Gasteiger partial charge in [0.2, 0.25) is 11.8 Å². The summed E-state index contributed by atoms with van der Waals surface area (Å²) < 4.78 is 9.77. The quantitative estimate of drug-likeness (QED) is 0.370. The van der Waals surface area contributed by atoms with E-state index in [4.69, 9.17) is 16.3 Å². The van der Waals surface area contributed by atoms with Crippen molar-refractivity contribution in [2.45, 2.75) is 12.8 Å². The van der Waals surface area contributed by atoms with Crippen LogP contribution in [-0.2, 0) is 19.1 Å². The maximum absolute atomic E-state index is 11.9. The van der Waals surface area contributed by atoms with Gasteiger partial charge < -0.3 is 14.8 Å². The number of nitrogens with zero attached hydrogens (tertiary/aromatic N) is 1. The van der Waals surface area contributed by atoms with Gasteiger partial charge in [-0.1, -0.05) is 29.8 Å². The predicted molar refractivity (Wildman–Crippen MR) is 109 cm³/mol. The van der Waals surface area contributed by atoms with Crippen LogP contribution in [0.2, 0.25) is 5.02 Å². The third kappa shape index (κ3) is 8.44. The van der Waals surface area contributed by atoms with Gasteiger partial charge in [0.15, 0.2) is 6.61 Å². The van der Waals surface area contributed by atoms with Crippen LogP contribution in [0.1, 0.15) is 18.4 Å². The first-order valence-corrected chi connectivity index (χ1v) is 9.01. The summed E-state index contributed by atoms with van der Waals surface area (Å²) in [6.45, 7) is -0.203. The Morgan fingerprint density at radius 1 is 1.07 bits per heavy atom. The van der Waals surface area contributed by atoms with Crippen molar-refractivity contribution >= 4 is 41.3 Å². The van der Waals surface area contributed by atoms with E-state index in [2.05, 4.69) is 20.6 Å². The zero-order valence-electron chi connectivity index (χ0n) is 15.7. The molecule has 29 heavy (non-hydrogen) atoms. The molecule has 0 saturated carbocycles. The van der Waals surface area contributed by atoms with Gasteiger partial charge in [-0.3, -0.25) is 9.59 Å². The van der Waals surface area contributed by atoms with E-state index < -0.39 is 11.9 Å². The molecule has 0 bridgehead atoms. The van der Waals surface area contributed by atoms with E-state index in [1.165, 1.54) is 13.3 Å². The Balaban J connectivity index is 1.75. The maximum Gasteiger partial charge on any atom is 0.343 e. The van der Waals surface area contributed by atoms with Crippen molar-refractivity contribution in [3.05, 3.63) is 59.1 Å². The second-order valence-electron chi connectivity index (χ2n) is 5.79. The summed E-state index contributed by atoms with van der Waals surface area (Å²) in [5.74, 6) is -0.735. The number of hydrazone groups is 1. The molecule has 0 spiro atoms. The van der Waals surface area contributed by atoms with E-state index in [1.54, 1.807) is 48.5 Å². The van der Waals surface area contributed by atoms with E-state index >= 15 is 0 Å². The molecule has 0 atom stereocenters. The fraction of sp³-hybridized carbons (Fsp3) is 0.200. The molecule has 2 N–H and O–H groups in total. The minimum atomic E-state index is -0.490. The van der Waals surface area contributed by atoms with E-state index in [0.29, 0.717) is 22.0 Å². The summed E-state index contributed by atoms with van der Waals surface area (Å²) in [5, 5.41) is 7.02. The number of methoxy groups -OCH3 is 1. The first-order valence-electron chi connectivity index (χ1n) is 8.63. The molecule has 0 aliphatic rings. The lowest BCUT2D eigenvalue weighted by atomic mass is 10.2. The van der Waals surface area contributed by atoms with Crippen molar-refractivity contribution in [1.29, 1.82) is 0 Å². The van der Waals surface area contributed by atoms with Gasteiger partial charge >= 0.3 is 5.97 Å². The Hall–Kier alpha value is -3.39.